The third kappa shape index (κ3) is 2.27. The smallest absolute Gasteiger partial charge is 0.196 e. The molecule has 0 amide bonds. The summed E-state index contributed by atoms with van der Waals surface area (Å²) < 4.78 is 6.52. The Labute approximate surface area is 212 Å². The molecular formula is C27H43NO8. The van der Waals surface area contributed by atoms with Crippen molar-refractivity contribution in [3.63, 3.8) is 0 Å². The summed E-state index contributed by atoms with van der Waals surface area (Å²) in [5.41, 5.74) is -9.07. The minimum Gasteiger partial charge on any atom is -0.390 e. The van der Waals surface area contributed by atoms with Gasteiger partial charge in [0.2, 0.25) is 0 Å². The van der Waals surface area contributed by atoms with Crippen molar-refractivity contribution in [1.29, 1.82) is 0 Å². The van der Waals surface area contributed by atoms with Crippen LogP contribution in [0, 0.1) is 29.1 Å². The Hall–Kier alpha value is -0.360. The summed E-state index contributed by atoms with van der Waals surface area (Å²) in [5, 5.41) is 83.2. The first-order valence-corrected chi connectivity index (χ1v) is 14.0. The summed E-state index contributed by atoms with van der Waals surface area (Å²) in [6.07, 6.45) is 0.752. The number of aliphatic hydroxyl groups is 7. The van der Waals surface area contributed by atoms with Crippen LogP contribution in [0.15, 0.2) is 0 Å². The van der Waals surface area contributed by atoms with Crippen LogP contribution >= 0.6 is 0 Å². The summed E-state index contributed by atoms with van der Waals surface area (Å²) >= 11 is 0. The van der Waals surface area contributed by atoms with Gasteiger partial charge >= 0.3 is 0 Å². The van der Waals surface area contributed by atoms with Crippen molar-refractivity contribution in [2.24, 2.45) is 29.1 Å². The van der Waals surface area contributed by atoms with Gasteiger partial charge in [0.15, 0.2) is 5.79 Å². The Balaban J connectivity index is 1.39. The molecular weight excluding hydrogens is 466 g/mol. The first-order valence-electron chi connectivity index (χ1n) is 14.0. The SMILES string of the molecule is C[C@H]1CC[C@@H]2N(C1)C[C@@H]1[C@@](O)([C@H](O)C[C@]3(O)[C@@H]4CC[C@H]5[C@]6(O)O[C@]4(C[C@]13O)[C@]5(C)CC[C@H]6O)[C@]2(C)O. The van der Waals surface area contributed by atoms with Crippen LogP contribution in [0.2, 0.25) is 0 Å². The molecule has 0 aromatic heterocycles. The van der Waals surface area contributed by atoms with E-state index in [1.54, 1.807) is 6.92 Å². The summed E-state index contributed by atoms with van der Waals surface area (Å²) in [7, 11) is 0. The molecule has 7 aliphatic rings. The van der Waals surface area contributed by atoms with Crippen LogP contribution < -0.4 is 0 Å². The molecule has 4 saturated carbocycles. The first-order chi connectivity index (χ1) is 16.6. The number of fused-ring (bicyclic) bond motifs is 5. The largest absolute Gasteiger partial charge is 0.390 e. The molecule has 0 radical (unpaired) electrons. The van der Waals surface area contributed by atoms with Gasteiger partial charge < -0.3 is 40.5 Å². The Morgan fingerprint density at radius 1 is 0.778 bits per heavy atom. The number of rotatable bonds is 0. The van der Waals surface area contributed by atoms with E-state index in [0.29, 0.717) is 44.6 Å². The van der Waals surface area contributed by atoms with Crippen LogP contribution in [0.1, 0.15) is 72.1 Å². The number of hydrogen-bond donors (Lipinski definition) is 7. The molecule has 0 unspecified atom stereocenters. The quantitative estimate of drug-likeness (QED) is 0.228. The fourth-order valence-electron chi connectivity index (χ4n) is 11.3. The number of aliphatic hydroxyl groups excluding tert-OH is 2. The summed E-state index contributed by atoms with van der Waals surface area (Å²) in [6, 6.07) is -0.360. The van der Waals surface area contributed by atoms with E-state index in [1.807, 2.05) is 6.92 Å². The average molecular weight is 510 g/mol. The molecule has 7 rings (SSSR count). The Morgan fingerprint density at radius 3 is 2.19 bits per heavy atom. The molecule has 3 aliphatic heterocycles. The topological polar surface area (TPSA) is 154 Å². The summed E-state index contributed by atoms with van der Waals surface area (Å²) in [6.45, 7) is 6.70. The number of ether oxygens (including phenoxy) is 1. The number of nitrogens with zero attached hydrogens (tertiary/aromatic N) is 1. The molecule has 14 atom stereocenters. The number of piperidine rings is 2. The van der Waals surface area contributed by atoms with Crippen molar-refractivity contribution in [3.8, 4) is 0 Å². The highest BCUT2D eigenvalue weighted by Gasteiger charge is 2.88. The van der Waals surface area contributed by atoms with E-state index in [0.717, 1.165) is 6.42 Å². The first kappa shape index (κ1) is 24.7. The van der Waals surface area contributed by atoms with Gasteiger partial charge in [-0.05, 0) is 51.4 Å². The van der Waals surface area contributed by atoms with Crippen molar-refractivity contribution in [2.75, 3.05) is 13.1 Å². The van der Waals surface area contributed by atoms with Gasteiger partial charge in [-0.1, -0.05) is 13.8 Å². The van der Waals surface area contributed by atoms with Crippen molar-refractivity contribution in [1.82, 2.24) is 4.90 Å². The lowest BCUT2D eigenvalue weighted by Gasteiger charge is -2.68. The second-order valence-electron chi connectivity index (χ2n) is 14.3. The predicted octanol–water partition coefficient (Wildman–Crippen LogP) is -0.526. The molecule has 36 heavy (non-hydrogen) atoms. The third-order valence-electron chi connectivity index (χ3n) is 13.1. The molecule has 7 fully saturated rings. The van der Waals surface area contributed by atoms with E-state index in [9.17, 15) is 35.7 Å². The Bertz CT molecular complexity index is 995. The summed E-state index contributed by atoms with van der Waals surface area (Å²) in [5.74, 6) is -3.30. The van der Waals surface area contributed by atoms with Crippen LogP contribution in [0.3, 0.4) is 0 Å². The zero-order valence-corrected chi connectivity index (χ0v) is 21.6. The fourth-order valence-corrected chi connectivity index (χ4v) is 11.3. The minimum absolute atomic E-state index is 0.0208. The van der Waals surface area contributed by atoms with Crippen LogP contribution in [0.25, 0.3) is 0 Å². The van der Waals surface area contributed by atoms with Gasteiger partial charge in [-0.15, -0.1) is 0 Å². The van der Waals surface area contributed by atoms with Gasteiger partial charge in [-0.25, -0.2) is 0 Å². The van der Waals surface area contributed by atoms with Crippen LogP contribution in [-0.4, -0.2) is 106 Å². The second kappa shape index (κ2) is 6.67. The maximum Gasteiger partial charge on any atom is 0.196 e. The fraction of sp³-hybridized carbons (Fsp3) is 1.00. The minimum atomic E-state index is -2.02. The van der Waals surface area contributed by atoms with Crippen LogP contribution in [0.4, 0.5) is 0 Å². The molecule has 3 heterocycles. The molecule has 9 heteroatoms. The van der Waals surface area contributed by atoms with Crippen LogP contribution in [0.5, 0.6) is 0 Å². The van der Waals surface area contributed by atoms with Gasteiger partial charge in [0.05, 0.1) is 11.7 Å². The lowest BCUT2D eigenvalue weighted by atomic mass is 9.49. The number of hydrogen-bond acceptors (Lipinski definition) is 9. The molecule has 4 bridgehead atoms. The molecule has 4 aliphatic carbocycles. The van der Waals surface area contributed by atoms with E-state index in [4.69, 9.17) is 4.74 Å². The van der Waals surface area contributed by atoms with Gasteiger partial charge in [0, 0.05) is 55.1 Å². The predicted molar refractivity (Wildman–Crippen MR) is 126 cm³/mol. The molecule has 9 nitrogen and oxygen atoms in total. The van der Waals surface area contributed by atoms with Crippen molar-refractivity contribution < 1.29 is 40.5 Å². The van der Waals surface area contributed by atoms with Gasteiger partial charge in [-0.3, -0.25) is 4.90 Å². The average Bonchev–Trinajstić information content (AvgIpc) is 2.97. The van der Waals surface area contributed by atoms with E-state index in [1.165, 1.54) is 0 Å². The zero-order chi connectivity index (χ0) is 25.9. The van der Waals surface area contributed by atoms with Crippen molar-refractivity contribution in [3.05, 3.63) is 0 Å². The monoisotopic (exact) mass is 509 g/mol. The molecule has 3 saturated heterocycles. The lowest BCUT2D eigenvalue weighted by Crippen LogP contribution is -2.85. The second-order valence-corrected chi connectivity index (χ2v) is 14.3. The normalized spacial score (nSPS) is 68.0. The molecule has 1 spiro atoms. The van der Waals surface area contributed by atoms with Crippen molar-refractivity contribution >= 4 is 0 Å². The van der Waals surface area contributed by atoms with E-state index in [-0.39, 0.29) is 31.3 Å². The van der Waals surface area contributed by atoms with Crippen LogP contribution in [-0.2, 0) is 4.74 Å². The highest BCUT2D eigenvalue weighted by molar-refractivity contribution is 5.37. The molecule has 0 aromatic rings. The molecule has 7 N–H and O–H groups in total. The Kier molecular flexibility index (Phi) is 4.57. The van der Waals surface area contributed by atoms with E-state index < -0.39 is 63.3 Å². The van der Waals surface area contributed by atoms with Gasteiger partial charge in [0.1, 0.15) is 28.5 Å². The Morgan fingerprint density at radius 2 is 1.47 bits per heavy atom. The zero-order valence-electron chi connectivity index (χ0n) is 21.6. The molecule has 0 aromatic carbocycles. The molecule has 204 valence electrons. The van der Waals surface area contributed by atoms with E-state index in [2.05, 4.69) is 11.8 Å². The standard InChI is InChI=1S/C27H43NO8/c1-14-4-7-18-22(3,31)26(34)17(12-28(18)11-14)24(33)13-25-16(23(24,32)10-20(26)30)6-5-15-21(25,2)9-8-19(29)27(15,35)36-25/h14-20,29-35H,4-13H2,1-3H3/t14-,15+,16-,17-,18-,19+,20+,21+,22+,23-,24-,25-,26+,27-/m0/s1. The van der Waals surface area contributed by atoms with Gasteiger partial charge in [0.25, 0.3) is 0 Å². The highest BCUT2D eigenvalue weighted by atomic mass is 16.7. The lowest BCUT2D eigenvalue weighted by molar-refractivity contribution is -0.354. The maximum absolute atomic E-state index is 12.7. The maximum atomic E-state index is 12.7. The van der Waals surface area contributed by atoms with Crippen molar-refractivity contribution in [2.45, 2.75) is 124 Å². The summed E-state index contributed by atoms with van der Waals surface area (Å²) in [4.78, 5) is 2.12. The highest BCUT2D eigenvalue weighted by Crippen LogP contribution is 2.78. The van der Waals surface area contributed by atoms with Gasteiger partial charge in [-0.2, -0.15) is 0 Å². The van der Waals surface area contributed by atoms with E-state index >= 15 is 0 Å². The third-order valence-corrected chi connectivity index (χ3v) is 13.1.